The van der Waals surface area contributed by atoms with Gasteiger partial charge in [-0.15, -0.1) is 11.3 Å². The second kappa shape index (κ2) is 8.30. The number of piperazine rings is 1. The first-order valence-corrected chi connectivity index (χ1v) is 12.3. The smallest absolute Gasteiger partial charge is 0.231 e. The maximum Gasteiger partial charge on any atom is 0.231 e. The quantitative estimate of drug-likeness (QED) is 0.538. The van der Waals surface area contributed by atoms with Crippen LogP contribution in [0.4, 0.5) is 16.5 Å². The Kier molecular flexibility index (Phi) is 5.15. The van der Waals surface area contributed by atoms with Crippen molar-refractivity contribution in [2.24, 2.45) is 5.92 Å². The van der Waals surface area contributed by atoms with Crippen LogP contribution in [0.3, 0.4) is 0 Å². The molecule has 1 saturated carbocycles. The maximum atomic E-state index is 5.61. The number of aromatic nitrogens is 1. The van der Waals surface area contributed by atoms with Gasteiger partial charge in [0.15, 0.2) is 16.6 Å². The van der Waals surface area contributed by atoms with E-state index in [0.717, 1.165) is 66.7 Å². The number of fused-ring (bicyclic) bond motifs is 1. The monoisotopic (exact) mass is 448 g/mol. The van der Waals surface area contributed by atoms with Crippen molar-refractivity contribution in [2.45, 2.75) is 12.8 Å². The first kappa shape index (κ1) is 19.9. The Morgan fingerprint density at radius 3 is 2.56 bits per heavy atom. The summed E-state index contributed by atoms with van der Waals surface area (Å²) in [7, 11) is 2.19. The normalized spacial score (nSPS) is 18.2. The number of anilines is 3. The Balaban J connectivity index is 1.23. The molecule has 2 aromatic carbocycles. The third-order valence-corrected chi connectivity index (χ3v) is 7.42. The highest BCUT2D eigenvalue weighted by atomic mass is 32.1. The molecule has 1 aromatic heterocycles. The Morgan fingerprint density at radius 1 is 1.00 bits per heavy atom. The summed E-state index contributed by atoms with van der Waals surface area (Å²) in [5, 5.41) is 3.21. The van der Waals surface area contributed by atoms with Crippen LogP contribution in [0.2, 0.25) is 0 Å². The van der Waals surface area contributed by atoms with Gasteiger partial charge in [-0.25, -0.2) is 4.98 Å². The first-order valence-electron chi connectivity index (χ1n) is 11.4. The van der Waals surface area contributed by atoms with Crippen LogP contribution in [0.15, 0.2) is 47.8 Å². The molecule has 166 valence electrons. The fourth-order valence-corrected chi connectivity index (χ4v) is 5.20. The molecule has 7 heteroatoms. The fourth-order valence-electron chi connectivity index (χ4n) is 4.33. The molecule has 0 bridgehead atoms. The number of hydrogen-bond acceptors (Lipinski definition) is 7. The highest BCUT2D eigenvalue weighted by molar-refractivity contribution is 7.14. The summed E-state index contributed by atoms with van der Waals surface area (Å²) in [6.07, 6.45) is 2.60. The van der Waals surface area contributed by atoms with Gasteiger partial charge in [-0.1, -0.05) is 12.1 Å². The molecule has 1 saturated heterocycles. The van der Waals surface area contributed by atoms with Gasteiger partial charge in [-0.2, -0.15) is 0 Å². The fraction of sp³-hybridized carbons (Fsp3) is 0.400. The van der Waals surface area contributed by atoms with Crippen LogP contribution in [0.25, 0.3) is 11.3 Å². The molecule has 6 nitrogen and oxygen atoms in total. The minimum absolute atomic E-state index is 0.299. The molecule has 32 heavy (non-hydrogen) atoms. The average molecular weight is 449 g/mol. The molecule has 3 heterocycles. The summed E-state index contributed by atoms with van der Waals surface area (Å²) in [4.78, 5) is 12.2. The summed E-state index contributed by atoms with van der Waals surface area (Å²) in [5.74, 6) is 2.38. The molecule has 0 atom stereocenters. The van der Waals surface area contributed by atoms with Crippen molar-refractivity contribution in [3.63, 3.8) is 0 Å². The molecule has 0 unspecified atom stereocenters. The van der Waals surface area contributed by atoms with Crippen molar-refractivity contribution in [2.75, 3.05) is 56.4 Å². The molecule has 3 aliphatic rings. The minimum Gasteiger partial charge on any atom is -0.454 e. The van der Waals surface area contributed by atoms with E-state index < -0.39 is 0 Å². The molecule has 0 spiro atoms. The van der Waals surface area contributed by atoms with Crippen molar-refractivity contribution in [1.29, 1.82) is 0 Å². The zero-order valence-electron chi connectivity index (χ0n) is 18.4. The van der Waals surface area contributed by atoms with Gasteiger partial charge in [0.25, 0.3) is 0 Å². The second-order valence-corrected chi connectivity index (χ2v) is 9.78. The number of benzene rings is 2. The predicted molar refractivity (Wildman–Crippen MR) is 130 cm³/mol. The van der Waals surface area contributed by atoms with E-state index in [1.165, 1.54) is 24.1 Å². The van der Waals surface area contributed by atoms with Crippen LogP contribution in [0.1, 0.15) is 12.8 Å². The number of ether oxygens (including phenoxy) is 2. The van der Waals surface area contributed by atoms with E-state index in [4.69, 9.17) is 14.5 Å². The lowest BCUT2D eigenvalue weighted by Crippen LogP contribution is -2.44. The zero-order chi connectivity index (χ0) is 21.5. The minimum atomic E-state index is 0.299. The van der Waals surface area contributed by atoms with Crippen LogP contribution in [0, 0.1) is 5.92 Å². The Bertz CT molecular complexity index is 1090. The standard InChI is InChI=1S/C25H28N4O2S/c1-27-10-12-28(13-11-27)20-6-4-19(5-7-20)22-16-32-25(26-22)29(15-18-2-3-18)21-8-9-23-24(14-21)31-17-30-23/h4-9,14,16,18H,2-3,10-13,15,17H2,1H3. The maximum absolute atomic E-state index is 5.61. The molecule has 1 aliphatic carbocycles. The van der Waals surface area contributed by atoms with Crippen molar-refractivity contribution in [3.8, 4) is 22.8 Å². The summed E-state index contributed by atoms with van der Waals surface area (Å²) in [5.41, 5.74) is 4.62. The number of likely N-dealkylation sites (N-methyl/N-ethyl adjacent to an activating group) is 1. The van der Waals surface area contributed by atoms with Gasteiger partial charge in [0.05, 0.1) is 5.69 Å². The van der Waals surface area contributed by atoms with E-state index in [1.807, 2.05) is 6.07 Å². The van der Waals surface area contributed by atoms with Crippen LogP contribution < -0.4 is 19.3 Å². The van der Waals surface area contributed by atoms with Gasteiger partial charge < -0.3 is 24.2 Å². The van der Waals surface area contributed by atoms with E-state index in [-0.39, 0.29) is 0 Å². The van der Waals surface area contributed by atoms with Crippen molar-refractivity contribution >= 4 is 27.8 Å². The van der Waals surface area contributed by atoms with Gasteiger partial charge in [-0.05, 0) is 50.1 Å². The highest BCUT2D eigenvalue weighted by Crippen LogP contribution is 2.41. The second-order valence-electron chi connectivity index (χ2n) is 8.94. The van der Waals surface area contributed by atoms with Gasteiger partial charge in [-0.3, -0.25) is 0 Å². The van der Waals surface area contributed by atoms with Gasteiger partial charge in [0, 0.05) is 61.1 Å². The van der Waals surface area contributed by atoms with Crippen molar-refractivity contribution in [1.82, 2.24) is 9.88 Å². The molecular formula is C25H28N4O2S. The van der Waals surface area contributed by atoms with Crippen LogP contribution in [-0.4, -0.2) is 56.4 Å². The zero-order valence-corrected chi connectivity index (χ0v) is 19.2. The van der Waals surface area contributed by atoms with Gasteiger partial charge in [0.1, 0.15) is 0 Å². The Hall–Kier alpha value is -2.77. The molecule has 0 radical (unpaired) electrons. The van der Waals surface area contributed by atoms with Crippen LogP contribution in [0.5, 0.6) is 11.5 Å². The number of rotatable bonds is 6. The largest absolute Gasteiger partial charge is 0.454 e. The van der Waals surface area contributed by atoms with Gasteiger partial charge >= 0.3 is 0 Å². The lowest BCUT2D eigenvalue weighted by Gasteiger charge is -2.34. The third-order valence-electron chi connectivity index (χ3n) is 6.56. The molecular weight excluding hydrogens is 420 g/mol. The average Bonchev–Trinajstić information content (AvgIpc) is 3.31. The SMILES string of the molecule is CN1CCN(c2ccc(-c3csc(N(CC4CC4)c4ccc5c(c4)OCO5)n3)cc2)CC1. The molecule has 2 fully saturated rings. The summed E-state index contributed by atoms with van der Waals surface area (Å²) < 4.78 is 11.1. The van der Waals surface area contributed by atoms with Gasteiger partial charge in [0.2, 0.25) is 6.79 Å². The predicted octanol–water partition coefficient (Wildman–Crippen LogP) is 4.84. The lowest BCUT2D eigenvalue weighted by atomic mass is 10.1. The molecule has 6 rings (SSSR count). The topological polar surface area (TPSA) is 41.1 Å². The Morgan fingerprint density at radius 2 is 1.78 bits per heavy atom. The molecule has 0 N–H and O–H groups in total. The Labute approximate surface area is 193 Å². The number of thiazole rings is 1. The van der Waals surface area contributed by atoms with Crippen molar-refractivity contribution < 1.29 is 9.47 Å². The molecule has 0 amide bonds. The third kappa shape index (κ3) is 4.02. The highest BCUT2D eigenvalue weighted by Gasteiger charge is 2.28. The summed E-state index contributed by atoms with van der Waals surface area (Å²) >= 11 is 1.71. The lowest BCUT2D eigenvalue weighted by molar-refractivity contribution is 0.174. The van der Waals surface area contributed by atoms with Crippen LogP contribution in [-0.2, 0) is 0 Å². The van der Waals surface area contributed by atoms with Crippen LogP contribution >= 0.6 is 11.3 Å². The molecule has 3 aromatic rings. The first-order chi connectivity index (χ1) is 15.7. The molecule has 2 aliphatic heterocycles. The number of nitrogens with zero attached hydrogens (tertiary/aromatic N) is 4. The van der Waals surface area contributed by atoms with E-state index in [0.29, 0.717) is 6.79 Å². The summed E-state index contributed by atoms with van der Waals surface area (Å²) in [6.45, 7) is 5.70. The van der Waals surface area contributed by atoms with Crippen molar-refractivity contribution in [3.05, 3.63) is 47.8 Å². The van der Waals surface area contributed by atoms with E-state index in [2.05, 4.69) is 63.5 Å². The van der Waals surface area contributed by atoms with E-state index in [1.54, 1.807) is 11.3 Å². The van der Waals surface area contributed by atoms with E-state index in [9.17, 15) is 0 Å². The number of hydrogen-bond donors (Lipinski definition) is 0. The summed E-state index contributed by atoms with van der Waals surface area (Å²) in [6, 6.07) is 15.1. The van der Waals surface area contributed by atoms with E-state index >= 15 is 0 Å².